The van der Waals surface area contributed by atoms with Crippen LogP contribution in [-0.2, 0) is 0 Å². The number of ether oxygens (including phenoxy) is 2. The largest absolute Gasteiger partial charge is 0.493 e. The van der Waals surface area contributed by atoms with E-state index in [1.807, 2.05) is 44.2 Å². The van der Waals surface area contributed by atoms with Gasteiger partial charge in [0, 0.05) is 5.39 Å². The number of fused-ring (bicyclic) bond motifs is 1. The van der Waals surface area contributed by atoms with Gasteiger partial charge in [-0.25, -0.2) is 5.43 Å². The number of rotatable bonds is 6. The first-order valence-electron chi connectivity index (χ1n) is 8.23. The van der Waals surface area contributed by atoms with Crippen molar-refractivity contribution in [1.82, 2.24) is 5.43 Å². The molecular formula is C20H20N2O4. The summed E-state index contributed by atoms with van der Waals surface area (Å²) in [5, 5.41) is 4.84. The highest BCUT2D eigenvalue weighted by atomic mass is 16.5. The number of furan rings is 1. The van der Waals surface area contributed by atoms with Crippen LogP contribution in [0.25, 0.3) is 11.0 Å². The van der Waals surface area contributed by atoms with Gasteiger partial charge in [-0.15, -0.1) is 0 Å². The van der Waals surface area contributed by atoms with Crippen LogP contribution >= 0.6 is 0 Å². The molecule has 6 heteroatoms. The summed E-state index contributed by atoms with van der Waals surface area (Å²) >= 11 is 0. The van der Waals surface area contributed by atoms with Gasteiger partial charge >= 0.3 is 5.91 Å². The molecule has 26 heavy (non-hydrogen) atoms. The summed E-state index contributed by atoms with van der Waals surface area (Å²) in [7, 11) is 1.58. The van der Waals surface area contributed by atoms with Gasteiger partial charge in [-0.1, -0.05) is 18.2 Å². The van der Waals surface area contributed by atoms with Gasteiger partial charge in [0.05, 0.1) is 19.4 Å². The smallest absolute Gasteiger partial charge is 0.307 e. The number of para-hydroxylation sites is 1. The molecule has 1 aromatic heterocycles. The van der Waals surface area contributed by atoms with E-state index in [1.54, 1.807) is 25.3 Å². The van der Waals surface area contributed by atoms with Gasteiger partial charge in [0.1, 0.15) is 5.58 Å². The molecule has 0 unspecified atom stereocenters. The van der Waals surface area contributed by atoms with Crippen molar-refractivity contribution in [1.29, 1.82) is 0 Å². The van der Waals surface area contributed by atoms with Crippen molar-refractivity contribution in [2.45, 2.75) is 20.0 Å². The Bertz CT molecular complexity index is 911. The van der Waals surface area contributed by atoms with E-state index < -0.39 is 5.91 Å². The number of nitrogens with one attached hydrogen (secondary N) is 1. The maximum atomic E-state index is 12.1. The summed E-state index contributed by atoms with van der Waals surface area (Å²) in [6.45, 7) is 3.89. The topological polar surface area (TPSA) is 73.1 Å². The van der Waals surface area contributed by atoms with E-state index in [4.69, 9.17) is 13.9 Å². The van der Waals surface area contributed by atoms with Gasteiger partial charge in [0.25, 0.3) is 0 Å². The number of nitrogens with zero attached hydrogens (tertiary/aromatic N) is 1. The Labute approximate surface area is 151 Å². The van der Waals surface area contributed by atoms with Crippen LogP contribution in [-0.4, -0.2) is 25.3 Å². The zero-order chi connectivity index (χ0) is 18.5. The van der Waals surface area contributed by atoms with Gasteiger partial charge in [-0.3, -0.25) is 4.79 Å². The fraction of sp³-hybridized carbons (Fsp3) is 0.200. The Morgan fingerprint density at radius 3 is 2.69 bits per heavy atom. The zero-order valence-corrected chi connectivity index (χ0v) is 14.9. The van der Waals surface area contributed by atoms with Crippen molar-refractivity contribution in [3.05, 3.63) is 59.9 Å². The minimum Gasteiger partial charge on any atom is -0.493 e. The quantitative estimate of drug-likeness (QED) is 0.538. The molecule has 0 aliphatic heterocycles. The molecule has 0 bridgehead atoms. The molecule has 0 fully saturated rings. The summed E-state index contributed by atoms with van der Waals surface area (Å²) in [6, 6.07) is 14.5. The number of carbonyl (C=O) groups excluding carboxylic acids is 1. The van der Waals surface area contributed by atoms with E-state index in [1.165, 1.54) is 6.21 Å². The third kappa shape index (κ3) is 4.03. The molecule has 0 saturated carbocycles. The maximum Gasteiger partial charge on any atom is 0.307 e. The predicted molar refractivity (Wildman–Crippen MR) is 100 cm³/mol. The summed E-state index contributed by atoms with van der Waals surface area (Å²) in [6.07, 6.45) is 1.58. The Kier molecular flexibility index (Phi) is 5.22. The molecule has 0 aliphatic carbocycles. The van der Waals surface area contributed by atoms with Crippen LogP contribution in [0.3, 0.4) is 0 Å². The van der Waals surface area contributed by atoms with E-state index >= 15 is 0 Å². The van der Waals surface area contributed by atoms with Crippen LogP contribution in [0.4, 0.5) is 0 Å². The summed E-state index contributed by atoms with van der Waals surface area (Å²) in [5.74, 6) is 1.06. The number of amides is 1. The molecular weight excluding hydrogens is 332 g/mol. The first-order valence-corrected chi connectivity index (χ1v) is 8.23. The standard InChI is InChI=1S/C20H20N2O4/c1-13(2)25-17-9-8-14(10-18(17)24-3)12-21-22-20(23)19-11-15-6-4-5-7-16(15)26-19/h4-13H,1-3H3,(H,22,23)/b21-12+. The first-order chi connectivity index (χ1) is 12.6. The monoisotopic (exact) mass is 352 g/mol. The van der Waals surface area contributed by atoms with Crippen molar-refractivity contribution >= 4 is 23.1 Å². The minimum atomic E-state index is -0.413. The van der Waals surface area contributed by atoms with Gasteiger partial charge < -0.3 is 13.9 Å². The van der Waals surface area contributed by atoms with E-state index in [2.05, 4.69) is 10.5 Å². The molecule has 0 aliphatic rings. The maximum absolute atomic E-state index is 12.1. The van der Waals surface area contributed by atoms with Gasteiger partial charge in [0.2, 0.25) is 0 Å². The first kappa shape index (κ1) is 17.5. The number of benzene rings is 2. The number of hydrogen-bond acceptors (Lipinski definition) is 5. The highest BCUT2D eigenvalue weighted by Crippen LogP contribution is 2.28. The normalized spacial score (nSPS) is 11.2. The molecule has 0 saturated heterocycles. The lowest BCUT2D eigenvalue weighted by Gasteiger charge is -2.13. The lowest BCUT2D eigenvalue weighted by molar-refractivity contribution is 0.0929. The number of hydrogen-bond donors (Lipinski definition) is 1. The minimum absolute atomic E-state index is 0.0477. The lowest BCUT2D eigenvalue weighted by atomic mass is 10.2. The average Bonchev–Trinajstić information content (AvgIpc) is 3.06. The van der Waals surface area contributed by atoms with Gasteiger partial charge in [-0.05, 0) is 49.7 Å². The van der Waals surface area contributed by atoms with Crippen molar-refractivity contribution < 1.29 is 18.7 Å². The predicted octanol–water partition coefficient (Wildman–Crippen LogP) is 3.99. The summed E-state index contributed by atoms with van der Waals surface area (Å²) in [5.41, 5.74) is 3.88. The Morgan fingerprint density at radius 1 is 1.15 bits per heavy atom. The van der Waals surface area contributed by atoms with Crippen LogP contribution in [0, 0.1) is 0 Å². The van der Waals surface area contributed by atoms with Crippen LogP contribution < -0.4 is 14.9 Å². The number of carbonyl (C=O) groups is 1. The summed E-state index contributed by atoms with van der Waals surface area (Å²) in [4.78, 5) is 12.1. The molecule has 134 valence electrons. The second-order valence-electron chi connectivity index (χ2n) is 5.92. The summed E-state index contributed by atoms with van der Waals surface area (Å²) < 4.78 is 16.5. The molecule has 0 atom stereocenters. The van der Waals surface area contributed by atoms with Crippen LogP contribution in [0.15, 0.2) is 58.0 Å². The van der Waals surface area contributed by atoms with Crippen molar-refractivity contribution in [3.63, 3.8) is 0 Å². The van der Waals surface area contributed by atoms with Crippen molar-refractivity contribution in [2.24, 2.45) is 5.10 Å². The molecule has 2 aromatic carbocycles. The van der Waals surface area contributed by atoms with Crippen LogP contribution in [0.5, 0.6) is 11.5 Å². The van der Waals surface area contributed by atoms with Crippen molar-refractivity contribution in [3.8, 4) is 11.5 Å². The Hall–Kier alpha value is -3.28. The van der Waals surface area contributed by atoms with E-state index in [0.717, 1.165) is 10.9 Å². The van der Waals surface area contributed by atoms with Crippen molar-refractivity contribution in [2.75, 3.05) is 7.11 Å². The second kappa shape index (κ2) is 7.74. The van der Waals surface area contributed by atoms with E-state index in [-0.39, 0.29) is 11.9 Å². The SMILES string of the molecule is COc1cc(/C=N/NC(=O)c2cc3ccccc3o2)ccc1OC(C)C. The molecule has 3 rings (SSSR count). The molecule has 1 heterocycles. The third-order valence-corrected chi connectivity index (χ3v) is 3.58. The molecule has 1 N–H and O–H groups in total. The average molecular weight is 352 g/mol. The molecule has 3 aromatic rings. The molecule has 6 nitrogen and oxygen atoms in total. The fourth-order valence-corrected chi connectivity index (χ4v) is 2.43. The molecule has 0 radical (unpaired) electrons. The van der Waals surface area contributed by atoms with Gasteiger partial charge in [-0.2, -0.15) is 5.10 Å². The third-order valence-electron chi connectivity index (χ3n) is 3.58. The lowest BCUT2D eigenvalue weighted by Crippen LogP contribution is -2.16. The highest BCUT2D eigenvalue weighted by molar-refractivity contribution is 5.96. The number of hydrazone groups is 1. The fourth-order valence-electron chi connectivity index (χ4n) is 2.43. The van der Waals surface area contributed by atoms with E-state index in [0.29, 0.717) is 17.1 Å². The van der Waals surface area contributed by atoms with Gasteiger partial charge in [0.15, 0.2) is 17.3 Å². The van der Waals surface area contributed by atoms with Crippen LogP contribution in [0.2, 0.25) is 0 Å². The molecule has 1 amide bonds. The van der Waals surface area contributed by atoms with Crippen LogP contribution in [0.1, 0.15) is 30.0 Å². The molecule has 0 spiro atoms. The van der Waals surface area contributed by atoms with E-state index in [9.17, 15) is 4.79 Å². The Balaban J connectivity index is 1.68. The Morgan fingerprint density at radius 2 is 1.96 bits per heavy atom. The zero-order valence-electron chi connectivity index (χ0n) is 14.9. The highest BCUT2D eigenvalue weighted by Gasteiger charge is 2.11. The number of methoxy groups -OCH3 is 1. The second-order valence-corrected chi connectivity index (χ2v) is 5.92.